The molecule has 0 radical (unpaired) electrons. The molecular weight excluding hydrogens is 476 g/mol. The minimum Gasteiger partial charge on any atom is -0.490 e. The van der Waals surface area contributed by atoms with Gasteiger partial charge in [-0.2, -0.15) is 0 Å². The van der Waals surface area contributed by atoms with Crippen molar-refractivity contribution in [2.75, 3.05) is 6.61 Å². The topological polar surface area (TPSA) is 67.9 Å². The van der Waals surface area contributed by atoms with E-state index in [0.717, 1.165) is 16.7 Å². The number of hydrogen-bond acceptors (Lipinski definition) is 4. The molecule has 1 N–H and O–H groups in total. The number of nitrogens with one attached hydrogen (secondary N) is 1. The summed E-state index contributed by atoms with van der Waals surface area (Å²) in [5, 5.41) is 3.31. The van der Waals surface area contributed by atoms with Crippen LogP contribution in [-0.4, -0.2) is 23.4 Å². The highest BCUT2D eigenvalue weighted by Gasteiger charge is 2.33. The zero-order chi connectivity index (χ0) is 25.5. The smallest absolute Gasteiger partial charge is 0.329 e. The SMILES string of the molecule is C=CCc1cc(/C=C2/NC(=O)N(Cc3ccccc3)C2=O)cc(OCC)c1OCc1ccccc1Cl. The number of amides is 3. The Hall–Kier alpha value is -4.03. The van der Waals surface area contributed by atoms with Crippen LogP contribution in [0.5, 0.6) is 11.5 Å². The molecule has 0 spiro atoms. The van der Waals surface area contributed by atoms with E-state index in [2.05, 4.69) is 11.9 Å². The summed E-state index contributed by atoms with van der Waals surface area (Å²) in [5.41, 5.74) is 3.47. The lowest BCUT2D eigenvalue weighted by atomic mass is 10.0. The number of carbonyl (C=O) groups excluding carboxylic acids is 2. The van der Waals surface area contributed by atoms with Gasteiger partial charge >= 0.3 is 6.03 Å². The van der Waals surface area contributed by atoms with Gasteiger partial charge in [-0.05, 0) is 48.7 Å². The van der Waals surface area contributed by atoms with Gasteiger partial charge < -0.3 is 14.8 Å². The second-order valence-electron chi connectivity index (χ2n) is 8.18. The van der Waals surface area contributed by atoms with Crippen molar-refractivity contribution in [3.8, 4) is 11.5 Å². The molecule has 4 rings (SSSR count). The second-order valence-corrected chi connectivity index (χ2v) is 8.59. The van der Waals surface area contributed by atoms with Crippen molar-refractivity contribution in [3.05, 3.63) is 112 Å². The molecule has 36 heavy (non-hydrogen) atoms. The molecule has 3 amide bonds. The number of ether oxygens (including phenoxy) is 2. The zero-order valence-corrected chi connectivity index (χ0v) is 20.8. The number of rotatable bonds is 10. The fourth-order valence-electron chi connectivity index (χ4n) is 3.91. The van der Waals surface area contributed by atoms with Crippen LogP contribution in [0, 0.1) is 0 Å². The van der Waals surface area contributed by atoms with Crippen molar-refractivity contribution in [3.63, 3.8) is 0 Å². The second kappa shape index (κ2) is 11.6. The third-order valence-corrected chi connectivity index (χ3v) is 5.97. The molecule has 3 aromatic carbocycles. The van der Waals surface area contributed by atoms with Crippen molar-refractivity contribution in [2.45, 2.75) is 26.5 Å². The fourth-order valence-corrected chi connectivity index (χ4v) is 4.10. The summed E-state index contributed by atoms with van der Waals surface area (Å²) in [6, 6.07) is 20.1. The molecule has 3 aromatic rings. The zero-order valence-electron chi connectivity index (χ0n) is 20.0. The summed E-state index contributed by atoms with van der Waals surface area (Å²) < 4.78 is 12.1. The highest BCUT2D eigenvalue weighted by molar-refractivity contribution is 6.31. The van der Waals surface area contributed by atoms with E-state index in [9.17, 15) is 9.59 Å². The highest BCUT2D eigenvalue weighted by atomic mass is 35.5. The summed E-state index contributed by atoms with van der Waals surface area (Å²) in [5.74, 6) is 0.742. The van der Waals surface area contributed by atoms with Crippen LogP contribution in [0.1, 0.15) is 29.2 Å². The van der Waals surface area contributed by atoms with Crippen molar-refractivity contribution in [1.82, 2.24) is 10.2 Å². The van der Waals surface area contributed by atoms with E-state index >= 15 is 0 Å². The maximum atomic E-state index is 13.0. The fraction of sp³-hybridized carbons (Fsp3) is 0.172. The Balaban J connectivity index is 1.63. The predicted octanol–water partition coefficient (Wildman–Crippen LogP) is 6.14. The van der Waals surface area contributed by atoms with Crippen LogP contribution in [0.2, 0.25) is 5.02 Å². The molecule has 1 saturated heterocycles. The van der Waals surface area contributed by atoms with Gasteiger partial charge in [0.25, 0.3) is 5.91 Å². The van der Waals surface area contributed by atoms with Gasteiger partial charge in [-0.1, -0.05) is 66.2 Å². The molecule has 0 saturated carbocycles. The van der Waals surface area contributed by atoms with Gasteiger partial charge in [0, 0.05) is 16.1 Å². The van der Waals surface area contributed by atoms with Gasteiger partial charge in [0.2, 0.25) is 0 Å². The molecule has 1 aliphatic rings. The summed E-state index contributed by atoms with van der Waals surface area (Å²) >= 11 is 6.30. The summed E-state index contributed by atoms with van der Waals surface area (Å²) in [6.07, 6.45) is 3.95. The number of halogens is 1. The number of urea groups is 1. The molecule has 0 aromatic heterocycles. The Labute approximate surface area is 215 Å². The van der Waals surface area contributed by atoms with Crippen LogP contribution in [0.25, 0.3) is 6.08 Å². The molecular formula is C29H27ClN2O4. The first-order valence-corrected chi connectivity index (χ1v) is 12.0. The van der Waals surface area contributed by atoms with Gasteiger partial charge in [-0.25, -0.2) is 4.79 Å². The largest absolute Gasteiger partial charge is 0.490 e. The predicted molar refractivity (Wildman–Crippen MR) is 141 cm³/mol. The highest BCUT2D eigenvalue weighted by Crippen LogP contribution is 2.36. The van der Waals surface area contributed by atoms with Crippen molar-refractivity contribution >= 4 is 29.6 Å². The summed E-state index contributed by atoms with van der Waals surface area (Å²) in [7, 11) is 0. The van der Waals surface area contributed by atoms with Crippen LogP contribution in [-0.2, 0) is 24.4 Å². The van der Waals surface area contributed by atoms with Crippen LogP contribution >= 0.6 is 11.6 Å². The molecule has 184 valence electrons. The molecule has 0 aliphatic carbocycles. The molecule has 0 atom stereocenters. The maximum Gasteiger partial charge on any atom is 0.329 e. The quantitative estimate of drug-likeness (QED) is 0.205. The standard InChI is InChI=1S/C29H27ClN2O4/c1-3-10-22-15-21(16-25-28(33)32(29(34)31-25)18-20-11-6-5-7-12-20)17-26(35-4-2)27(22)36-19-23-13-8-9-14-24(23)30/h3,5-9,11-17H,1,4,10,18-19H2,2H3,(H,31,34)/b25-16+. The number of carbonyl (C=O) groups is 2. The Morgan fingerprint density at radius 1 is 1.00 bits per heavy atom. The van der Waals surface area contributed by atoms with E-state index in [4.69, 9.17) is 21.1 Å². The Bertz CT molecular complexity index is 1300. The molecule has 6 nitrogen and oxygen atoms in total. The first kappa shape index (κ1) is 25.1. The lowest BCUT2D eigenvalue weighted by Crippen LogP contribution is -2.30. The Morgan fingerprint density at radius 2 is 1.75 bits per heavy atom. The van der Waals surface area contributed by atoms with E-state index in [1.165, 1.54) is 4.90 Å². The average Bonchev–Trinajstić information content (AvgIpc) is 3.13. The van der Waals surface area contributed by atoms with Crippen molar-refractivity contribution in [1.29, 1.82) is 0 Å². The van der Waals surface area contributed by atoms with E-state index in [1.54, 1.807) is 18.2 Å². The lowest BCUT2D eigenvalue weighted by molar-refractivity contribution is -0.123. The van der Waals surface area contributed by atoms with Gasteiger partial charge in [-0.15, -0.1) is 6.58 Å². The summed E-state index contributed by atoms with van der Waals surface area (Å²) in [4.78, 5) is 26.7. The first-order chi connectivity index (χ1) is 17.5. The summed E-state index contributed by atoms with van der Waals surface area (Å²) in [6.45, 7) is 6.64. The molecule has 1 heterocycles. The van der Waals surface area contributed by atoms with E-state index < -0.39 is 6.03 Å². The van der Waals surface area contributed by atoms with Gasteiger partial charge in [0.1, 0.15) is 12.3 Å². The average molecular weight is 503 g/mol. The molecule has 7 heteroatoms. The molecule has 1 fully saturated rings. The van der Waals surface area contributed by atoms with E-state index in [0.29, 0.717) is 35.1 Å². The lowest BCUT2D eigenvalue weighted by Gasteiger charge is -2.17. The minimum atomic E-state index is -0.453. The van der Waals surface area contributed by atoms with E-state index in [1.807, 2.05) is 67.6 Å². The van der Waals surface area contributed by atoms with Gasteiger partial charge in [-0.3, -0.25) is 9.69 Å². The normalized spacial score (nSPS) is 14.2. The number of imide groups is 1. The molecule has 0 bridgehead atoms. The number of allylic oxidation sites excluding steroid dienone is 1. The van der Waals surface area contributed by atoms with Crippen LogP contribution in [0.3, 0.4) is 0 Å². The number of hydrogen-bond donors (Lipinski definition) is 1. The maximum absolute atomic E-state index is 13.0. The monoisotopic (exact) mass is 502 g/mol. The third-order valence-electron chi connectivity index (χ3n) is 5.60. The van der Waals surface area contributed by atoms with Crippen LogP contribution < -0.4 is 14.8 Å². The van der Waals surface area contributed by atoms with Crippen molar-refractivity contribution < 1.29 is 19.1 Å². The van der Waals surface area contributed by atoms with Gasteiger partial charge in [0.15, 0.2) is 11.5 Å². The van der Waals surface area contributed by atoms with Gasteiger partial charge in [0.05, 0.1) is 13.2 Å². The van der Waals surface area contributed by atoms with Crippen LogP contribution in [0.4, 0.5) is 4.79 Å². The van der Waals surface area contributed by atoms with Crippen molar-refractivity contribution in [2.24, 2.45) is 0 Å². The minimum absolute atomic E-state index is 0.198. The molecule has 0 unspecified atom stereocenters. The molecule has 1 aliphatic heterocycles. The number of benzene rings is 3. The third kappa shape index (κ3) is 5.78. The number of nitrogens with zero attached hydrogens (tertiary/aromatic N) is 1. The van der Waals surface area contributed by atoms with E-state index in [-0.39, 0.29) is 24.8 Å². The first-order valence-electron chi connectivity index (χ1n) is 11.7. The Kier molecular flexibility index (Phi) is 8.08. The van der Waals surface area contributed by atoms with Crippen LogP contribution in [0.15, 0.2) is 85.1 Å². The Morgan fingerprint density at radius 3 is 2.47 bits per heavy atom.